The van der Waals surface area contributed by atoms with Crippen molar-refractivity contribution in [3.63, 3.8) is 0 Å². The highest BCUT2D eigenvalue weighted by atomic mass is 35.6. The molecular formula is C16H19Cl3N2O4. The Hall–Kier alpha value is -1.21. The zero-order valence-electron chi connectivity index (χ0n) is 13.6. The molecule has 1 aromatic carbocycles. The molecule has 6 nitrogen and oxygen atoms in total. The summed E-state index contributed by atoms with van der Waals surface area (Å²) in [6.45, 7) is 0.542. The van der Waals surface area contributed by atoms with E-state index in [0.29, 0.717) is 19.5 Å². The van der Waals surface area contributed by atoms with Gasteiger partial charge in [0.1, 0.15) is 12.6 Å². The zero-order valence-corrected chi connectivity index (χ0v) is 15.8. The number of hydrogen-bond acceptors (Lipinski definition) is 4. The fourth-order valence-electron chi connectivity index (χ4n) is 2.80. The summed E-state index contributed by atoms with van der Waals surface area (Å²) in [4.78, 5) is 26.8. The summed E-state index contributed by atoms with van der Waals surface area (Å²) in [5, 5.41) is 9.48. The molecule has 0 aromatic heterocycles. The lowest BCUT2D eigenvalue weighted by Crippen LogP contribution is -2.40. The third kappa shape index (κ3) is 5.92. The van der Waals surface area contributed by atoms with Crippen LogP contribution in [-0.4, -0.2) is 63.0 Å². The first-order valence-electron chi connectivity index (χ1n) is 7.64. The van der Waals surface area contributed by atoms with E-state index in [0.717, 1.165) is 5.56 Å². The number of carboxylic acids is 1. The third-order valence-corrected chi connectivity index (χ3v) is 4.42. The van der Waals surface area contributed by atoms with Crippen LogP contribution in [0.15, 0.2) is 30.3 Å². The van der Waals surface area contributed by atoms with Gasteiger partial charge in [0, 0.05) is 26.2 Å². The third-order valence-electron chi connectivity index (χ3n) is 4.09. The number of ether oxygens (including phenoxy) is 1. The fraction of sp³-hybridized carbons (Fsp3) is 0.500. The lowest BCUT2D eigenvalue weighted by atomic mass is 10.1. The van der Waals surface area contributed by atoms with Crippen molar-refractivity contribution in [3.8, 4) is 0 Å². The zero-order chi connectivity index (χ0) is 18.6. The van der Waals surface area contributed by atoms with Crippen molar-refractivity contribution in [3.05, 3.63) is 35.9 Å². The summed E-state index contributed by atoms with van der Waals surface area (Å²) < 4.78 is 3.27. The van der Waals surface area contributed by atoms with Crippen LogP contribution in [0.4, 0.5) is 4.79 Å². The Morgan fingerprint density at radius 3 is 2.52 bits per heavy atom. The molecule has 1 aromatic rings. The molecule has 0 bridgehead atoms. The van der Waals surface area contributed by atoms with Crippen LogP contribution in [-0.2, 0) is 16.1 Å². The summed E-state index contributed by atoms with van der Waals surface area (Å²) in [6.07, 6.45) is -0.344. The van der Waals surface area contributed by atoms with Gasteiger partial charge < -0.3 is 14.7 Å². The number of likely N-dealkylation sites (N-methyl/N-ethyl adjacent to an activating group) is 1. The molecule has 0 aliphatic carbocycles. The van der Waals surface area contributed by atoms with Crippen molar-refractivity contribution in [2.75, 3.05) is 20.2 Å². The Labute approximate surface area is 161 Å². The molecule has 0 spiro atoms. The number of halogens is 3. The Balaban J connectivity index is 2.00. The first-order chi connectivity index (χ1) is 11.7. The molecule has 9 heteroatoms. The molecule has 1 aliphatic rings. The molecule has 1 aliphatic heterocycles. The van der Waals surface area contributed by atoms with Gasteiger partial charge in [0.15, 0.2) is 0 Å². The van der Waals surface area contributed by atoms with Crippen LogP contribution in [0.5, 0.6) is 0 Å². The van der Waals surface area contributed by atoms with Crippen molar-refractivity contribution in [2.24, 2.45) is 0 Å². The molecule has 1 saturated heterocycles. The molecule has 0 radical (unpaired) electrons. The van der Waals surface area contributed by atoms with Gasteiger partial charge in [0.25, 0.3) is 0 Å². The molecule has 1 fully saturated rings. The monoisotopic (exact) mass is 408 g/mol. The minimum absolute atomic E-state index is 0.298. The van der Waals surface area contributed by atoms with Gasteiger partial charge in [-0.25, -0.2) is 4.79 Å². The number of likely N-dealkylation sites (tertiary alicyclic amines) is 1. The highest BCUT2D eigenvalue weighted by molar-refractivity contribution is 6.67. The average Bonchev–Trinajstić information content (AvgIpc) is 2.96. The number of hydrogen-bond donors (Lipinski definition) is 1. The smallest absolute Gasteiger partial charge is 0.409 e. The first kappa shape index (κ1) is 20.1. The van der Waals surface area contributed by atoms with Crippen LogP contribution in [0.1, 0.15) is 12.0 Å². The van der Waals surface area contributed by atoms with Gasteiger partial charge in [-0.1, -0.05) is 65.1 Å². The second kappa shape index (κ2) is 8.45. The Bertz CT molecular complexity index is 609. The van der Waals surface area contributed by atoms with Crippen molar-refractivity contribution in [2.45, 2.75) is 28.8 Å². The SMILES string of the molecule is CN(C(=O)OCC(Cl)(Cl)Cl)C1CC(C(=O)O)N(Cc2ccccc2)C1. The summed E-state index contributed by atoms with van der Waals surface area (Å²) in [5.74, 6) is -0.915. The standard InChI is InChI=1S/C16H19Cl3N2O4/c1-20(15(24)25-10-16(17,18)19)12-7-13(14(22)23)21(9-12)8-11-5-3-2-4-6-11/h2-6,12-13H,7-10H2,1H3,(H,22,23). The van der Waals surface area contributed by atoms with E-state index < -0.39 is 21.9 Å². The predicted octanol–water partition coefficient (Wildman–Crippen LogP) is 3.15. The van der Waals surface area contributed by atoms with Crippen LogP contribution < -0.4 is 0 Å². The maximum Gasteiger partial charge on any atom is 0.409 e. The van der Waals surface area contributed by atoms with Gasteiger partial charge in [-0.2, -0.15) is 0 Å². The van der Waals surface area contributed by atoms with E-state index in [9.17, 15) is 14.7 Å². The van der Waals surface area contributed by atoms with Gasteiger partial charge >= 0.3 is 12.1 Å². The van der Waals surface area contributed by atoms with Crippen LogP contribution in [0.2, 0.25) is 0 Å². The summed E-state index contributed by atoms with van der Waals surface area (Å²) >= 11 is 16.7. The molecule has 0 saturated carbocycles. The molecule has 2 rings (SSSR count). The highest BCUT2D eigenvalue weighted by Crippen LogP contribution is 2.27. The van der Waals surface area contributed by atoms with Crippen LogP contribution >= 0.6 is 34.8 Å². The van der Waals surface area contributed by atoms with E-state index in [4.69, 9.17) is 39.5 Å². The number of aliphatic carboxylic acids is 1. The summed E-state index contributed by atoms with van der Waals surface area (Å²) in [5.41, 5.74) is 1.01. The molecule has 25 heavy (non-hydrogen) atoms. The Morgan fingerprint density at radius 2 is 1.96 bits per heavy atom. The van der Waals surface area contributed by atoms with Gasteiger partial charge in [-0.3, -0.25) is 9.69 Å². The second-order valence-corrected chi connectivity index (χ2v) is 8.46. The van der Waals surface area contributed by atoms with Gasteiger partial charge in [-0.15, -0.1) is 0 Å². The number of carboxylic acid groups (broad SMARTS) is 1. The fourth-order valence-corrected chi connectivity index (χ4v) is 2.97. The van der Waals surface area contributed by atoms with E-state index >= 15 is 0 Å². The van der Waals surface area contributed by atoms with E-state index in [1.165, 1.54) is 4.90 Å². The van der Waals surface area contributed by atoms with Crippen LogP contribution in [0.3, 0.4) is 0 Å². The molecule has 138 valence electrons. The minimum Gasteiger partial charge on any atom is -0.480 e. The topological polar surface area (TPSA) is 70.1 Å². The number of benzene rings is 1. The number of carbonyl (C=O) groups excluding carboxylic acids is 1. The van der Waals surface area contributed by atoms with Crippen molar-refractivity contribution in [1.82, 2.24) is 9.80 Å². The van der Waals surface area contributed by atoms with Gasteiger partial charge in [0.2, 0.25) is 3.79 Å². The number of rotatable bonds is 5. The largest absolute Gasteiger partial charge is 0.480 e. The first-order valence-corrected chi connectivity index (χ1v) is 8.78. The van der Waals surface area contributed by atoms with Crippen molar-refractivity contribution in [1.29, 1.82) is 0 Å². The molecular weight excluding hydrogens is 391 g/mol. The Kier molecular flexibility index (Phi) is 6.79. The van der Waals surface area contributed by atoms with Gasteiger partial charge in [0.05, 0.1) is 0 Å². The highest BCUT2D eigenvalue weighted by Gasteiger charge is 2.40. The molecule has 1 N–H and O–H groups in total. The molecule has 2 atom stereocenters. The van der Waals surface area contributed by atoms with Gasteiger partial charge in [-0.05, 0) is 12.0 Å². The molecule has 2 unspecified atom stereocenters. The lowest BCUT2D eigenvalue weighted by Gasteiger charge is -2.25. The number of carbonyl (C=O) groups is 2. The summed E-state index contributed by atoms with van der Waals surface area (Å²) in [6, 6.07) is 8.61. The van der Waals surface area contributed by atoms with Crippen molar-refractivity contribution >= 4 is 46.9 Å². The Morgan fingerprint density at radius 1 is 1.32 bits per heavy atom. The molecule has 1 heterocycles. The maximum absolute atomic E-state index is 12.1. The summed E-state index contributed by atoms with van der Waals surface area (Å²) in [7, 11) is 1.55. The quantitative estimate of drug-likeness (QED) is 0.757. The lowest BCUT2D eigenvalue weighted by molar-refractivity contribution is -0.142. The van der Waals surface area contributed by atoms with Crippen LogP contribution in [0, 0.1) is 0 Å². The van der Waals surface area contributed by atoms with E-state index in [1.54, 1.807) is 7.05 Å². The van der Waals surface area contributed by atoms with Crippen LogP contribution in [0.25, 0.3) is 0 Å². The van der Waals surface area contributed by atoms with E-state index in [2.05, 4.69) is 0 Å². The number of alkyl halides is 3. The average molecular weight is 410 g/mol. The minimum atomic E-state index is -1.69. The molecule has 1 amide bonds. The van der Waals surface area contributed by atoms with E-state index in [-0.39, 0.29) is 12.6 Å². The second-order valence-electron chi connectivity index (χ2n) is 5.94. The normalized spacial score (nSPS) is 21.1. The number of amides is 1. The van der Waals surface area contributed by atoms with Crippen molar-refractivity contribution < 1.29 is 19.4 Å². The number of nitrogens with zero attached hydrogens (tertiary/aromatic N) is 2. The van der Waals surface area contributed by atoms with E-state index in [1.807, 2.05) is 35.2 Å². The maximum atomic E-state index is 12.1. The predicted molar refractivity (Wildman–Crippen MR) is 96.1 cm³/mol.